The third-order valence-electron chi connectivity index (χ3n) is 5.02. The van der Waals surface area contributed by atoms with Crippen molar-refractivity contribution in [1.82, 2.24) is 20.1 Å². The number of hydrogen-bond donors (Lipinski definition) is 2. The fourth-order valence-electron chi connectivity index (χ4n) is 3.32. The lowest BCUT2D eigenvalue weighted by Gasteiger charge is -2.35. The lowest BCUT2D eigenvalue weighted by Crippen LogP contribution is -2.50. The largest absolute Gasteiger partial charge is 0.435 e. The van der Waals surface area contributed by atoms with E-state index in [2.05, 4.69) is 30.6 Å². The Morgan fingerprint density at radius 2 is 1.82 bits per heavy atom. The van der Waals surface area contributed by atoms with Gasteiger partial charge >= 0.3 is 12.6 Å². The Bertz CT molecular complexity index is 1070. The maximum atomic E-state index is 12.5. The molecule has 0 radical (unpaired) electrons. The third kappa shape index (κ3) is 6.03. The fourth-order valence-corrected chi connectivity index (χ4v) is 3.32. The van der Waals surface area contributed by atoms with Crippen LogP contribution >= 0.6 is 0 Å². The summed E-state index contributed by atoms with van der Waals surface area (Å²) in [6, 6.07) is 13.1. The third-order valence-corrected chi connectivity index (χ3v) is 5.02. The number of halogens is 2. The summed E-state index contributed by atoms with van der Waals surface area (Å²) in [5, 5.41) is 14.3. The highest BCUT2D eigenvalue weighted by molar-refractivity contribution is 5.89. The number of rotatable bonds is 6. The van der Waals surface area contributed by atoms with E-state index in [0.717, 1.165) is 5.56 Å². The Hall–Kier alpha value is -4.02. The van der Waals surface area contributed by atoms with Crippen molar-refractivity contribution in [1.29, 1.82) is 0 Å². The van der Waals surface area contributed by atoms with E-state index in [1.54, 1.807) is 17.2 Å². The van der Waals surface area contributed by atoms with E-state index in [9.17, 15) is 13.6 Å². The normalized spacial score (nSPS) is 13.7. The van der Waals surface area contributed by atoms with Crippen LogP contribution in [0.4, 0.5) is 36.7 Å². The van der Waals surface area contributed by atoms with Gasteiger partial charge in [0.15, 0.2) is 11.6 Å². The Morgan fingerprint density at radius 1 is 1.03 bits per heavy atom. The molecule has 2 N–H and O–H groups in total. The van der Waals surface area contributed by atoms with Gasteiger partial charge in [0.2, 0.25) is 0 Å². The number of pyridine rings is 1. The molecule has 3 heterocycles. The first-order chi connectivity index (χ1) is 16.0. The second-order valence-electron chi connectivity index (χ2n) is 7.43. The number of aromatic nitrogens is 3. The first-order valence-electron chi connectivity index (χ1n) is 10.4. The van der Waals surface area contributed by atoms with Crippen molar-refractivity contribution in [2.45, 2.75) is 13.5 Å². The second kappa shape index (κ2) is 10.1. The van der Waals surface area contributed by atoms with E-state index in [4.69, 9.17) is 0 Å². The molecule has 3 aromatic rings. The van der Waals surface area contributed by atoms with Crippen molar-refractivity contribution < 1.29 is 18.3 Å². The number of nitrogens with one attached hydrogen (secondary N) is 2. The van der Waals surface area contributed by atoms with Crippen LogP contribution in [0.5, 0.6) is 5.75 Å². The number of nitrogens with zero attached hydrogens (tertiary/aromatic N) is 5. The number of carbonyl (C=O) groups excluding carboxylic acids is 1. The maximum Gasteiger partial charge on any atom is 0.387 e. The molecule has 0 unspecified atom stereocenters. The molecule has 1 aromatic carbocycles. The summed E-state index contributed by atoms with van der Waals surface area (Å²) >= 11 is 0. The van der Waals surface area contributed by atoms with E-state index in [1.807, 2.05) is 36.1 Å². The summed E-state index contributed by atoms with van der Waals surface area (Å²) in [5.41, 5.74) is 1.46. The molecule has 2 aromatic heterocycles. The van der Waals surface area contributed by atoms with Crippen LogP contribution in [0.2, 0.25) is 0 Å². The van der Waals surface area contributed by atoms with Crippen LogP contribution in [0.1, 0.15) is 5.56 Å². The van der Waals surface area contributed by atoms with Gasteiger partial charge in [0.1, 0.15) is 11.6 Å². The van der Waals surface area contributed by atoms with Gasteiger partial charge in [-0.15, -0.1) is 10.2 Å². The summed E-state index contributed by atoms with van der Waals surface area (Å²) in [6.45, 7) is 1.18. The SMILES string of the molecule is Cc1ccc(Nc2ccc(N3CCN(C(=O)Nc4cccc(OC(F)F)c4)CC3)nn2)nc1. The van der Waals surface area contributed by atoms with Crippen molar-refractivity contribution in [3.8, 4) is 5.75 Å². The molecule has 33 heavy (non-hydrogen) atoms. The molecule has 0 saturated carbocycles. The Labute approximate surface area is 189 Å². The first kappa shape index (κ1) is 22.2. The average Bonchev–Trinajstić information content (AvgIpc) is 2.81. The molecular formula is C22H23F2N7O2. The molecule has 172 valence electrons. The van der Waals surface area contributed by atoms with Gasteiger partial charge in [0.05, 0.1) is 0 Å². The van der Waals surface area contributed by atoms with Crippen molar-refractivity contribution in [2.24, 2.45) is 0 Å². The smallest absolute Gasteiger partial charge is 0.387 e. The van der Waals surface area contributed by atoms with Crippen LogP contribution in [0, 0.1) is 6.92 Å². The number of alkyl halides is 2. The summed E-state index contributed by atoms with van der Waals surface area (Å²) in [5.74, 6) is 1.98. The molecule has 1 fully saturated rings. The van der Waals surface area contributed by atoms with Crippen LogP contribution in [0.15, 0.2) is 54.7 Å². The van der Waals surface area contributed by atoms with Crippen LogP contribution < -0.4 is 20.3 Å². The summed E-state index contributed by atoms with van der Waals surface area (Å²) in [7, 11) is 0. The number of anilines is 4. The van der Waals surface area contributed by atoms with Crippen molar-refractivity contribution in [3.05, 3.63) is 60.3 Å². The van der Waals surface area contributed by atoms with Gasteiger partial charge in [-0.25, -0.2) is 9.78 Å². The highest BCUT2D eigenvalue weighted by atomic mass is 19.3. The van der Waals surface area contributed by atoms with Crippen molar-refractivity contribution >= 4 is 29.2 Å². The van der Waals surface area contributed by atoms with Crippen molar-refractivity contribution in [2.75, 3.05) is 41.7 Å². The summed E-state index contributed by atoms with van der Waals surface area (Å²) in [6.07, 6.45) is 1.77. The maximum absolute atomic E-state index is 12.5. The number of amides is 2. The molecule has 9 nitrogen and oxygen atoms in total. The van der Waals surface area contributed by atoms with E-state index in [1.165, 1.54) is 18.2 Å². The fraction of sp³-hybridized carbons (Fsp3) is 0.273. The molecule has 1 saturated heterocycles. The van der Waals surface area contributed by atoms with Crippen LogP contribution in [0.3, 0.4) is 0 Å². The molecule has 1 aliphatic rings. The van der Waals surface area contributed by atoms with E-state index >= 15 is 0 Å². The van der Waals surface area contributed by atoms with E-state index < -0.39 is 6.61 Å². The average molecular weight is 455 g/mol. The van der Waals surface area contributed by atoms with Gasteiger partial charge in [0, 0.05) is 44.1 Å². The molecular weight excluding hydrogens is 432 g/mol. The standard InChI is InChI=1S/C22H23F2N7O2/c1-15-5-6-18(25-14-15)27-19-7-8-20(29-28-19)30-9-11-31(12-10-30)22(32)26-16-3-2-4-17(13-16)33-21(23)24/h2-8,13-14,21H,9-12H2,1H3,(H,26,32)(H,25,27,28). The first-order valence-corrected chi connectivity index (χ1v) is 10.4. The van der Waals surface area contributed by atoms with Gasteiger partial charge < -0.3 is 25.2 Å². The predicted octanol–water partition coefficient (Wildman–Crippen LogP) is 3.88. The predicted molar refractivity (Wildman–Crippen MR) is 120 cm³/mol. The molecule has 11 heteroatoms. The number of benzene rings is 1. The minimum Gasteiger partial charge on any atom is -0.435 e. The van der Waals surface area contributed by atoms with Gasteiger partial charge in [0.25, 0.3) is 0 Å². The molecule has 0 spiro atoms. The highest BCUT2D eigenvalue weighted by Gasteiger charge is 2.22. The topological polar surface area (TPSA) is 95.5 Å². The molecule has 0 aliphatic carbocycles. The lowest BCUT2D eigenvalue weighted by molar-refractivity contribution is -0.0498. The van der Waals surface area contributed by atoms with Crippen LogP contribution in [-0.4, -0.2) is 58.9 Å². The lowest BCUT2D eigenvalue weighted by atomic mass is 10.3. The Balaban J connectivity index is 1.28. The zero-order valence-electron chi connectivity index (χ0n) is 17.9. The van der Waals surface area contributed by atoms with Gasteiger partial charge in [-0.1, -0.05) is 12.1 Å². The highest BCUT2D eigenvalue weighted by Crippen LogP contribution is 2.21. The quantitative estimate of drug-likeness (QED) is 0.582. The number of urea groups is 1. The molecule has 4 rings (SSSR count). The van der Waals surface area contributed by atoms with Crippen LogP contribution in [0.25, 0.3) is 0 Å². The van der Waals surface area contributed by atoms with Crippen LogP contribution in [-0.2, 0) is 0 Å². The van der Waals surface area contributed by atoms with Gasteiger partial charge in [-0.3, -0.25) is 0 Å². The zero-order chi connectivity index (χ0) is 23.2. The number of ether oxygens (including phenoxy) is 1. The van der Waals surface area contributed by atoms with E-state index in [-0.39, 0.29) is 11.8 Å². The minimum absolute atomic E-state index is 0.0118. The van der Waals surface area contributed by atoms with Gasteiger partial charge in [-0.2, -0.15) is 8.78 Å². The summed E-state index contributed by atoms with van der Waals surface area (Å²) in [4.78, 5) is 20.5. The van der Waals surface area contributed by atoms with Gasteiger partial charge in [-0.05, 0) is 42.8 Å². The number of hydrogen-bond acceptors (Lipinski definition) is 7. The zero-order valence-corrected chi connectivity index (χ0v) is 17.9. The van der Waals surface area contributed by atoms with E-state index in [0.29, 0.717) is 49.3 Å². The number of carbonyl (C=O) groups is 1. The second-order valence-corrected chi connectivity index (χ2v) is 7.43. The number of aryl methyl sites for hydroxylation is 1. The molecule has 1 aliphatic heterocycles. The molecule has 2 amide bonds. The van der Waals surface area contributed by atoms with Crippen molar-refractivity contribution in [3.63, 3.8) is 0 Å². The summed E-state index contributed by atoms with van der Waals surface area (Å²) < 4.78 is 29.1. The Morgan fingerprint density at radius 3 is 2.48 bits per heavy atom. The monoisotopic (exact) mass is 455 g/mol. The minimum atomic E-state index is -2.92. The molecule has 0 bridgehead atoms. The number of piperazine rings is 1. The Kier molecular flexibility index (Phi) is 6.77. The molecule has 0 atom stereocenters.